The standard InChI is InChI=1S/C19H21ClN2O4/c1-26-18-5-3-12(10-21-18)19(13-8-14(23)9-13)22-17(25)7-11-2-4-16(24)15(20)6-11/h2-6,10,13-14,19,23-24H,7-9H2,1H3,(H,22,25)/t13?,14?,19-/m1/s1. The highest BCUT2D eigenvalue weighted by Crippen LogP contribution is 2.38. The molecule has 1 heterocycles. The zero-order valence-corrected chi connectivity index (χ0v) is 15.1. The fraction of sp³-hybridized carbons (Fsp3) is 0.368. The molecule has 1 aliphatic rings. The minimum atomic E-state index is -0.318. The molecule has 0 unspecified atom stereocenters. The number of pyridine rings is 1. The number of methoxy groups -OCH3 is 1. The number of aromatic nitrogens is 1. The molecule has 0 saturated heterocycles. The molecule has 1 aromatic heterocycles. The lowest BCUT2D eigenvalue weighted by Gasteiger charge is -2.38. The van der Waals surface area contributed by atoms with Gasteiger partial charge < -0.3 is 20.3 Å². The summed E-state index contributed by atoms with van der Waals surface area (Å²) < 4.78 is 5.08. The molecule has 0 bridgehead atoms. The number of ether oxygens (including phenoxy) is 1. The predicted octanol–water partition coefficient (Wildman–Crippen LogP) is 2.62. The lowest BCUT2D eigenvalue weighted by atomic mass is 9.75. The molecule has 1 aromatic carbocycles. The van der Waals surface area contributed by atoms with Crippen molar-refractivity contribution in [1.29, 1.82) is 0 Å². The van der Waals surface area contributed by atoms with E-state index in [0.717, 1.165) is 5.56 Å². The SMILES string of the molecule is COc1ccc([C@@H](NC(=O)Cc2ccc(O)c(Cl)c2)C2CC(O)C2)cn1. The number of nitrogens with one attached hydrogen (secondary N) is 1. The third kappa shape index (κ3) is 4.26. The third-order valence-corrected chi connectivity index (χ3v) is 4.94. The Hall–Kier alpha value is -2.31. The van der Waals surface area contributed by atoms with Crippen LogP contribution in [0.1, 0.15) is 30.0 Å². The van der Waals surface area contributed by atoms with Crippen molar-refractivity contribution in [2.45, 2.75) is 31.4 Å². The number of halogens is 1. The largest absolute Gasteiger partial charge is 0.506 e. The summed E-state index contributed by atoms with van der Waals surface area (Å²) in [4.78, 5) is 16.7. The molecule has 1 amide bonds. The number of nitrogens with zero attached hydrogens (tertiary/aromatic N) is 1. The number of benzene rings is 1. The fourth-order valence-corrected chi connectivity index (χ4v) is 3.35. The van der Waals surface area contributed by atoms with E-state index in [1.807, 2.05) is 6.07 Å². The van der Waals surface area contributed by atoms with Gasteiger partial charge in [-0.3, -0.25) is 4.79 Å². The Morgan fingerprint density at radius 1 is 1.38 bits per heavy atom. The number of rotatable bonds is 6. The number of phenols is 1. The Morgan fingerprint density at radius 2 is 2.15 bits per heavy atom. The second-order valence-electron chi connectivity index (χ2n) is 6.53. The van der Waals surface area contributed by atoms with Gasteiger partial charge in [-0.05, 0) is 42.0 Å². The Balaban J connectivity index is 1.72. The van der Waals surface area contributed by atoms with Gasteiger partial charge in [0.25, 0.3) is 0 Å². The van der Waals surface area contributed by atoms with Gasteiger partial charge in [0, 0.05) is 12.3 Å². The summed E-state index contributed by atoms with van der Waals surface area (Å²) in [5, 5.41) is 22.4. The predicted molar refractivity (Wildman–Crippen MR) is 97.2 cm³/mol. The number of hydrogen-bond donors (Lipinski definition) is 3. The van der Waals surface area contributed by atoms with E-state index in [1.54, 1.807) is 31.5 Å². The topological polar surface area (TPSA) is 91.7 Å². The van der Waals surface area contributed by atoms with Crippen molar-refractivity contribution in [2.24, 2.45) is 5.92 Å². The lowest BCUT2D eigenvalue weighted by molar-refractivity contribution is -0.122. The van der Waals surface area contributed by atoms with E-state index in [-0.39, 0.29) is 41.2 Å². The average molecular weight is 377 g/mol. The van der Waals surface area contributed by atoms with Crippen molar-refractivity contribution in [3.05, 3.63) is 52.7 Å². The number of aliphatic hydroxyl groups is 1. The maximum Gasteiger partial charge on any atom is 0.224 e. The van der Waals surface area contributed by atoms with Crippen LogP contribution in [0.4, 0.5) is 0 Å². The number of aliphatic hydroxyl groups excluding tert-OH is 1. The lowest BCUT2D eigenvalue weighted by Crippen LogP contribution is -2.41. The summed E-state index contributed by atoms with van der Waals surface area (Å²) in [6, 6.07) is 8.11. The minimum absolute atomic E-state index is 0.0125. The molecule has 138 valence electrons. The zero-order valence-electron chi connectivity index (χ0n) is 14.4. The van der Waals surface area contributed by atoms with Gasteiger partial charge in [-0.2, -0.15) is 0 Å². The number of hydrogen-bond acceptors (Lipinski definition) is 5. The van der Waals surface area contributed by atoms with Crippen molar-refractivity contribution < 1.29 is 19.7 Å². The number of carbonyl (C=O) groups is 1. The molecule has 7 heteroatoms. The first-order valence-corrected chi connectivity index (χ1v) is 8.79. The van der Waals surface area contributed by atoms with Crippen LogP contribution in [0, 0.1) is 5.92 Å². The summed E-state index contributed by atoms with van der Waals surface area (Å²) in [5.74, 6) is 0.495. The van der Waals surface area contributed by atoms with Crippen LogP contribution in [-0.4, -0.2) is 34.3 Å². The van der Waals surface area contributed by atoms with E-state index in [2.05, 4.69) is 10.3 Å². The maximum absolute atomic E-state index is 12.5. The number of carbonyl (C=O) groups excluding carboxylic acids is 1. The molecule has 6 nitrogen and oxygen atoms in total. The van der Waals surface area contributed by atoms with E-state index >= 15 is 0 Å². The fourth-order valence-electron chi connectivity index (χ4n) is 3.14. The van der Waals surface area contributed by atoms with E-state index in [4.69, 9.17) is 16.3 Å². The molecule has 0 aliphatic heterocycles. The zero-order chi connectivity index (χ0) is 18.7. The second kappa shape index (κ2) is 7.93. The quantitative estimate of drug-likeness (QED) is 0.720. The van der Waals surface area contributed by atoms with Gasteiger partial charge in [0.1, 0.15) is 5.75 Å². The van der Waals surface area contributed by atoms with Crippen LogP contribution >= 0.6 is 11.6 Å². The summed E-state index contributed by atoms with van der Waals surface area (Å²) in [5.41, 5.74) is 1.59. The van der Waals surface area contributed by atoms with Crippen LogP contribution in [0.3, 0.4) is 0 Å². The van der Waals surface area contributed by atoms with Crippen molar-refractivity contribution >= 4 is 17.5 Å². The van der Waals surface area contributed by atoms with E-state index in [9.17, 15) is 15.0 Å². The smallest absolute Gasteiger partial charge is 0.224 e. The molecule has 3 rings (SSSR count). The number of phenolic OH excluding ortho intramolecular Hbond substituents is 1. The Kier molecular flexibility index (Phi) is 5.64. The molecule has 1 aliphatic carbocycles. The van der Waals surface area contributed by atoms with Gasteiger partial charge in [-0.15, -0.1) is 0 Å². The van der Waals surface area contributed by atoms with Crippen LogP contribution < -0.4 is 10.1 Å². The van der Waals surface area contributed by atoms with E-state index < -0.39 is 0 Å². The first kappa shape index (κ1) is 18.5. The van der Waals surface area contributed by atoms with Crippen molar-refractivity contribution in [2.75, 3.05) is 7.11 Å². The molecule has 2 aromatic rings. The molecule has 3 N–H and O–H groups in total. The summed E-state index contributed by atoms with van der Waals surface area (Å²) in [6.07, 6.45) is 2.80. The number of aromatic hydroxyl groups is 1. The van der Waals surface area contributed by atoms with Crippen LogP contribution in [0.5, 0.6) is 11.6 Å². The van der Waals surface area contributed by atoms with Crippen LogP contribution in [-0.2, 0) is 11.2 Å². The summed E-state index contributed by atoms with van der Waals surface area (Å²) in [7, 11) is 1.55. The summed E-state index contributed by atoms with van der Waals surface area (Å²) in [6.45, 7) is 0. The van der Waals surface area contributed by atoms with E-state index in [0.29, 0.717) is 24.3 Å². The first-order valence-electron chi connectivity index (χ1n) is 8.41. The third-order valence-electron chi connectivity index (χ3n) is 4.64. The normalized spacial score (nSPS) is 20.1. The second-order valence-corrected chi connectivity index (χ2v) is 6.93. The van der Waals surface area contributed by atoms with Gasteiger partial charge in [0.15, 0.2) is 0 Å². The van der Waals surface area contributed by atoms with Crippen LogP contribution in [0.2, 0.25) is 5.02 Å². The Labute approximate surface area is 156 Å². The Morgan fingerprint density at radius 3 is 2.73 bits per heavy atom. The molecular weight excluding hydrogens is 356 g/mol. The number of amides is 1. The van der Waals surface area contributed by atoms with Crippen LogP contribution in [0.25, 0.3) is 0 Å². The van der Waals surface area contributed by atoms with Gasteiger partial charge in [-0.1, -0.05) is 23.7 Å². The highest BCUT2D eigenvalue weighted by Gasteiger charge is 2.35. The molecule has 1 saturated carbocycles. The average Bonchev–Trinajstić information content (AvgIpc) is 2.60. The molecule has 1 fully saturated rings. The first-order chi connectivity index (χ1) is 12.5. The van der Waals surface area contributed by atoms with Crippen molar-refractivity contribution in [3.8, 4) is 11.6 Å². The maximum atomic E-state index is 12.5. The highest BCUT2D eigenvalue weighted by atomic mass is 35.5. The van der Waals surface area contributed by atoms with Gasteiger partial charge in [-0.25, -0.2) is 4.98 Å². The monoisotopic (exact) mass is 376 g/mol. The van der Waals surface area contributed by atoms with Gasteiger partial charge >= 0.3 is 0 Å². The minimum Gasteiger partial charge on any atom is -0.506 e. The van der Waals surface area contributed by atoms with Gasteiger partial charge in [0.05, 0.1) is 30.7 Å². The molecule has 0 radical (unpaired) electrons. The molecule has 1 atom stereocenters. The Bertz CT molecular complexity index is 776. The van der Waals surface area contributed by atoms with Crippen molar-refractivity contribution in [3.63, 3.8) is 0 Å². The van der Waals surface area contributed by atoms with Gasteiger partial charge in [0.2, 0.25) is 11.8 Å². The summed E-state index contributed by atoms with van der Waals surface area (Å²) >= 11 is 5.90. The molecule has 26 heavy (non-hydrogen) atoms. The van der Waals surface area contributed by atoms with Crippen molar-refractivity contribution in [1.82, 2.24) is 10.3 Å². The van der Waals surface area contributed by atoms with Crippen LogP contribution in [0.15, 0.2) is 36.5 Å². The molecule has 0 spiro atoms. The highest BCUT2D eigenvalue weighted by molar-refractivity contribution is 6.32. The van der Waals surface area contributed by atoms with E-state index in [1.165, 1.54) is 6.07 Å². The molecular formula is C19H21ClN2O4.